The monoisotopic (exact) mass is 850 g/mol. The van der Waals surface area contributed by atoms with E-state index in [1.54, 1.807) is 20.4 Å². The third-order valence-electron chi connectivity index (χ3n) is 13.0. The van der Waals surface area contributed by atoms with E-state index in [1.165, 1.54) is 0 Å². The van der Waals surface area contributed by atoms with E-state index in [9.17, 15) is 9.59 Å². The molecule has 0 bridgehead atoms. The maximum Gasteiger partial charge on any atom is 0.252 e. The van der Waals surface area contributed by atoms with Crippen molar-refractivity contribution in [2.75, 3.05) is 48.6 Å². The Bertz CT molecular complexity index is 2700. The standard InChI is InChI=1S/C51H58N6O6/c1-30-12-14-34(62-28-32(3)52-5)21-40(30)48(58)55-50(18-19-50)42-23-36(60-8)26-47-39(42)16-17-45(54-47)44-27-51(44,43-24-37(61-9)25-46-38(43)11-10-20-53-46)56-49(59)41-22-35(15-13-31(41)2)63-29-33(4)57(6)7/h10-17,20-26,32-33,44,52H,18-19,27-29H2,1-9H3,(H,55,58)(H,56,59)/t32-,33+,44?,51?/m0/s1. The number of fused-ring (bicyclic) bond motifs is 2. The highest BCUT2D eigenvalue weighted by Crippen LogP contribution is 2.60. The number of aryl methyl sites for hydroxylation is 2. The van der Waals surface area contributed by atoms with Crippen molar-refractivity contribution in [1.29, 1.82) is 0 Å². The van der Waals surface area contributed by atoms with Gasteiger partial charge in [-0.25, -0.2) is 0 Å². The first kappa shape index (κ1) is 43.4. The smallest absolute Gasteiger partial charge is 0.252 e. The first-order valence-electron chi connectivity index (χ1n) is 21.7. The maximum absolute atomic E-state index is 14.6. The minimum absolute atomic E-state index is 0.161. The van der Waals surface area contributed by atoms with Crippen molar-refractivity contribution in [3.63, 3.8) is 0 Å². The van der Waals surface area contributed by atoms with E-state index in [0.29, 0.717) is 53.8 Å². The second kappa shape index (κ2) is 17.5. The van der Waals surface area contributed by atoms with Gasteiger partial charge in [0.15, 0.2) is 0 Å². The molecular formula is C51H58N6O6. The van der Waals surface area contributed by atoms with E-state index in [4.69, 9.17) is 23.9 Å². The Kier molecular flexibility index (Phi) is 12.1. The van der Waals surface area contributed by atoms with Gasteiger partial charge in [0.1, 0.15) is 36.2 Å². The molecule has 2 fully saturated rings. The van der Waals surface area contributed by atoms with Gasteiger partial charge in [-0.1, -0.05) is 24.3 Å². The number of aromatic nitrogens is 2. The van der Waals surface area contributed by atoms with Crippen LogP contribution in [0.2, 0.25) is 0 Å². The van der Waals surface area contributed by atoms with Gasteiger partial charge in [0, 0.05) is 63.9 Å². The van der Waals surface area contributed by atoms with Crippen LogP contribution in [0.3, 0.4) is 0 Å². The van der Waals surface area contributed by atoms with E-state index in [1.807, 2.05) is 115 Å². The highest BCUT2D eigenvalue weighted by molar-refractivity contribution is 5.99. The van der Waals surface area contributed by atoms with E-state index >= 15 is 0 Å². The van der Waals surface area contributed by atoms with Crippen molar-refractivity contribution in [2.24, 2.45) is 0 Å². The average molecular weight is 851 g/mol. The molecule has 2 unspecified atom stereocenters. The quantitative estimate of drug-likeness (QED) is 0.0830. The molecule has 2 saturated carbocycles. The molecule has 4 atom stereocenters. The van der Waals surface area contributed by atoms with E-state index < -0.39 is 11.1 Å². The lowest BCUT2D eigenvalue weighted by atomic mass is 9.94. The van der Waals surface area contributed by atoms with Crippen LogP contribution in [0.5, 0.6) is 23.0 Å². The number of carbonyl (C=O) groups excluding carboxylic acids is 2. The molecule has 2 aliphatic carbocycles. The summed E-state index contributed by atoms with van der Waals surface area (Å²) >= 11 is 0. The molecule has 328 valence electrons. The zero-order valence-electron chi connectivity index (χ0n) is 37.7. The summed E-state index contributed by atoms with van der Waals surface area (Å²) in [6, 6.07) is 27.6. The van der Waals surface area contributed by atoms with E-state index in [2.05, 4.69) is 44.9 Å². The number of likely N-dealkylation sites (N-methyl/N-ethyl adjacent to an activating group) is 2. The summed E-state index contributed by atoms with van der Waals surface area (Å²) in [5, 5.41) is 11.9. The molecular weight excluding hydrogens is 793 g/mol. The number of carbonyl (C=O) groups is 2. The number of methoxy groups -OCH3 is 2. The zero-order valence-corrected chi connectivity index (χ0v) is 37.7. The lowest BCUT2D eigenvalue weighted by Gasteiger charge is -2.24. The molecule has 8 rings (SSSR count). The first-order valence-corrected chi connectivity index (χ1v) is 21.7. The fraction of sp³-hybridized carbons (Fsp3) is 0.373. The molecule has 63 heavy (non-hydrogen) atoms. The molecule has 3 N–H and O–H groups in total. The normalized spacial score (nSPS) is 18.4. The third kappa shape index (κ3) is 8.74. The summed E-state index contributed by atoms with van der Waals surface area (Å²) in [4.78, 5) is 40.8. The van der Waals surface area contributed by atoms with Gasteiger partial charge < -0.3 is 39.8 Å². The minimum atomic E-state index is -0.842. The molecule has 0 spiro atoms. The fourth-order valence-corrected chi connectivity index (χ4v) is 8.38. The number of nitrogens with zero attached hydrogens (tertiary/aromatic N) is 3. The molecule has 2 aliphatic rings. The van der Waals surface area contributed by atoms with Crippen LogP contribution < -0.4 is 34.9 Å². The molecule has 4 aromatic carbocycles. The number of amides is 2. The van der Waals surface area contributed by atoms with Gasteiger partial charge in [-0.05, 0) is 139 Å². The van der Waals surface area contributed by atoms with Crippen LogP contribution in [0, 0.1) is 13.8 Å². The van der Waals surface area contributed by atoms with Gasteiger partial charge in [0.25, 0.3) is 11.8 Å². The van der Waals surface area contributed by atoms with Crippen LogP contribution in [0.15, 0.2) is 91.1 Å². The maximum atomic E-state index is 14.6. The number of ether oxygens (including phenoxy) is 4. The largest absolute Gasteiger partial charge is 0.497 e. The number of hydrogen-bond donors (Lipinski definition) is 3. The third-order valence-corrected chi connectivity index (χ3v) is 13.0. The molecule has 2 heterocycles. The SMILES string of the molecule is CN[C@@H](C)COc1ccc(C)c(C(=O)NC2(c3cc(OC)cc4nc(C5CC5(NC(=O)c5cc(OC[C@@H](C)N(C)C)ccc5C)c5cc(OC)cc6ncccc56)ccc34)CC2)c1. The van der Waals surface area contributed by atoms with Crippen LogP contribution in [0.1, 0.15) is 87.7 Å². The molecule has 2 aromatic heterocycles. The van der Waals surface area contributed by atoms with Crippen LogP contribution in [-0.4, -0.2) is 87.3 Å². The van der Waals surface area contributed by atoms with Crippen molar-refractivity contribution in [2.45, 2.75) is 76.0 Å². The molecule has 12 heteroatoms. The Balaban J connectivity index is 1.14. The van der Waals surface area contributed by atoms with Crippen LogP contribution >= 0.6 is 0 Å². The fourth-order valence-electron chi connectivity index (χ4n) is 8.38. The Morgan fingerprint density at radius 3 is 1.97 bits per heavy atom. The van der Waals surface area contributed by atoms with Gasteiger partial charge in [0.05, 0.1) is 36.3 Å². The summed E-state index contributed by atoms with van der Waals surface area (Å²) in [6.07, 6.45) is 3.90. The summed E-state index contributed by atoms with van der Waals surface area (Å²) in [5.74, 6) is 2.01. The molecule has 6 aromatic rings. The average Bonchev–Trinajstić information content (AvgIpc) is 4.23. The summed E-state index contributed by atoms with van der Waals surface area (Å²) in [5.41, 5.74) is 5.56. The topological polar surface area (TPSA) is 136 Å². The second-order valence-electron chi connectivity index (χ2n) is 17.5. The molecule has 0 aliphatic heterocycles. The highest BCUT2D eigenvalue weighted by Gasteiger charge is 2.59. The number of nitrogens with one attached hydrogen (secondary N) is 3. The van der Waals surface area contributed by atoms with Crippen LogP contribution in [0.4, 0.5) is 0 Å². The van der Waals surface area contributed by atoms with Crippen LogP contribution in [0.25, 0.3) is 21.8 Å². The summed E-state index contributed by atoms with van der Waals surface area (Å²) < 4.78 is 23.8. The van der Waals surface area contributed by atoms with E-state index in [0.717, 1.165) is 62.6 Å². The van der Waals surface area contributed by atoms with Gasteiger partial charge in [0.2, 0.25) is 0 Å². The Labute approximate surface area is 369 Å². The highest BCUT2D eigenvalue weighted by atomic mass is 16.5. The van der Waals surface area contributed by atoms with Crippen molar-refractivity contribution < 1.29 is 28.5 Å². The van der Waals surface area contributed by atoms with E-state index in [-0.39, 0.29) is 29.8 Å². The summed E-state index contributed by atoms with van der Waals surface area (Å²) in [6.45, 7) is 8.98. The van der Waals surface area contributed by atoms with Gasteiger partial charge >= 0.3 is 0 Å². The Morgan fingerprint density at radius 1 is 0.746 bits per heavy atom. The van der Waals surface area contributed by atoms with Gasteiger partial charge in [-0.3, -0.25) is 19.6 Å². The number of benzene rings is 4. The minimum Gasteiger partial charge on any atom is -0.497 e. The predicted molar refractivity (Wildman–Crippen MR) is 246 cm³/mol. The predicted octanol–water partition coefficient (Wildman–Crippen LogP) is 7.96. The Morgan fingerprint density at radius 2 is 1.35 bits per heavy atom. The lowest BCUT2D eigenvalue weighted by molar-refractivity contribution is 0.0920. The molecule has 2 amide bonds. The van der Waals surface area contributed by atoms with Gasteiger partial charge in [-0.2, -0.15) is 0 Å². The first-order chi connectivity index (χ1) is 30.3. The van der Waals surface area contributed by atoms with Crippen molar-refractivity contribution in [3.05, 3.63) is 130 Å². The lowest BCUT2D eigenvalue weighted by Crippen LogP contribution is -2.37. The van der Waals surface area contributed by atoms with Crippen molar-refractivity contribution in [1.82, 2.24) is 30.8 Å². The summed E-state index contributed by atoms with van der Waals surface area (Å²) in [7, 11) is 9.21. The molecule has 12 nitrogen and oxygen atoms in total. The second-order valence-corrected chi connectivity index (χ2v) is 17.5. The zero-order chi connectivity index (χ0) is 44.6. The number of pyridine rings is 2. The van der Waals surface area contributed by atoms with Crippen molar-refractivity contribution >= 4 is 33.6 Å². The van der Waals surface area contributed by atoms with Crippen molar-refractivity contribution in [3.8, 4) is 23.0 Å². The Hall–Kier alpha value is -6.24. The van der Waals surface area contributed by atoms with Gasteiger partial charge in [-0.15, -0.1) is 0 Å². The number of rotatable bonds is 17. The molecule has 0 radical (unpaired) electrons. The molecule has 0 saturated heterocycles. The number of hydrogen-bond acceptors (Lipinski definition) is 10. The van der Waals surface area contributed by atoms with Crippen LogP contribution in [-0.2, 0) is 11.1 Å².